The van der Waals surface area contributed by atoms with Crippen molar-refractivity contribution in [3.8, 4) is 11.5 Å². The molecule has 0 radical (unpaired) electrons. The number of nitrogen functional groups attached to an aromatic ring is 1. The first-order valence-electron chi connectivity index (χ1n) is 9.45. The van der Waals surface area contributed by atoms with Gasteiger partial charge in [-0.25, -0.2) is 9.97 Å². The Kier molecular flexibility index (Phi) is 3.70. The maximum atomic E-state index is 13.2. The number of aromatic nitrogens is 2. The second-order valence-corrected chi connectivity index (χ2v) is 7.57. The van der Waals surface area contributed by atoms with Gasteiger partial charge in [0, 0.05) is 30.3 Å². The summed E-state index contributed by atoms with van der Waals surface area (Å²) in [6.07, 6.45) is 5.77. The monoisotopic (exact) mass is 366 g/mol. The number of carbonyl (C=O) groups is 1. The van der Waals surface area contributed by atoms with Crippen molar-refractivity contribution in [2.24, 2.45) is 0 Å². The fourth-order valence-corrected chi connectivity index (χ4v) is 4.62. The molecular formula is C20H22N4O3. The number of likely N-dealkylation sites (tertiary alicyclic amines) is 1. The van der Waals surface area contributed by atoms with Crippen LogP contribution in [0.3, 0.4) is 0 Å². The van der Waals surface area contributed by atoms with Gasteiger partial charge in [0.2, 0.25) is 5.95 Å². The van der Waals surface area contributed by atoms with Gasteiger partial charge in [0.15, 0.2) is 11.5 Å². The van der Waals surface area contributed by atoms with E-state index < -0.39 is 0 Å². The van der Waals surface area contributed by atoms with Crippen LogP contribution in [0, 0.1) is 0 Å². The number of nitrogens with two attached hydrogens (primary N) is 1. The molecule has 2 aromatic rings. The van der Waals surface area contributed by atoms with E-state index >= 15 is 0 Å². The molecule has 0 bridgehead atoms. The molecule has 140 valence electrons. The van der Waals surface area contributed by atoms with Crippen molar-refractivity contribution in [3.63, 3.8) is 0 Å². The number of carbonyl (C=O) groups excluding carboxylic acids is 1. The zero-order valence-corrected chi connectivity index (χ0v) is 15.1. The van der Waals surface area contributed by atoms with Crippen molar-refractivity contribution in [1.82, 2.24) is 14.9 Å². The lowest BCUT2D eigenvalue weighted by atomic mass is 9.77. The van der Waals surface area contributed by atoms with Gasteiger partial charge < -0.3 is 20.1 Å². The molecule has 1 atom stereocenters. The fourth-order valence-electron chi connectivity index (χ4n) is 4.62. The summed E-state index contributed by atoms with van der Waals surface area (Å²) in [5, 5.41) is 0. The first-order chi connectivity index (χ1) is 13.1. The van der Waals surface area contributed by atoms with E-state index in [0.717, 1.165) is 43.5 Å². The number of ether oxygens (including phenoxy) is 2. The number of piperidine rings is 1. The first kappa shape index (κ1) is 16.4. The molecule has 5 rings (SSSR count). The van der Waals surface area contributed by atoms with E-state index in [4.69, 9.17) is 15.2 Å². The summed E-state index contributed by atoms with van der Waals surface area (Å²) < 4.78 is 11.2. The lowest BCUT2D eigenvalue weighted by Gasteiger charge is -2.40. The van der Waals surface area contributed by atoms with E-state index in [1.807, 2.05) is 23.2 Å². The highest BCUT2D eigenvalue weighted by Crippen LogP contribution is 2.44. The highest BCUT2D eigenvalue weighted by atomic mass is 16.6. The summed E-state index contributed by atoms with van der Waals surface area (Å²) in [5.41, 5.74) is 8.58. The standard InChI is InChI=1S/C20H22N4O3/c21-19-22-11-14-4-6-20(17(14)23-19)5-1-7-24(12-20)18(25)13-2-3-15-16(10-13)27-9-8-26-15/h2-3,10-11H,1,4-9,12H2,(H2,21,22,23). The Labute approximate surface area is 157 Å². The highest BCUT2D eigenvalue weighted by Gasteiger charge is 2.44. The molecular weight excluding hydrogens is 344 g/mol. The maximum Gasteiger partial charge on any atom is 0.254 e. The van der Waals surface area contributed by atoms with Crippen LogP contribution >= 0.6 is 0 Å². The van der Waals surface area contributed by atoms with Gasteiger partial charge in [-0.05, 0) is 49.4 Å². The van der Waals surface area contributed by atoms with Crippen LogP contribution in [-0.2, 0) is 11.8 Å². The Morgan fingerprint density at radius 3 is 2.93 bits per heavy atom. The Hall–Kier alpha value is -2.83. The summed E-state index contributed by atoms with van der Waals surface area (Å²) in [5.74, 6) is 1.68. The maximum absolute atomic E-state index is 13.2. The minimum absolute atomic E-state index is 0.0292. The molecule has 1 saturated heterocycles. The topological polar surface area (TPSA) is 90.6 Å². The third kappa shape index (κ3) is 2.69. The van der Waals surface area contributed by atoms with Gasteiger partial charge >= 0.3 is 0 Å². The second-order valence-electron chi connectivity index (χ2n) is 7.57. The largest absolute Gasteiger partial charge is 0.486 e. The summed E-state index contributed by atoms with van der Waals surface area (Å²) in [6.45, 7) is 2.48. The fraction of sp³-hybridized carbons (Fsp3) is 0.450. The predicted molar refractivity (Wildman–Crippen MR) is 99.0 cm³/mol. The molecule has 1 aromatic heterocycles. The Morgan fingerprint density at radius 2 is 2.04 bits per heavy atom. The van der Waals surface area contributed by atoms with Gasteiger partial charge in [-0.1, -0.05) is 0 Å². The zero-order chi connectivity index (χ0) is 18.4. The molecule has 1 spiro atoms. The quantitative estimate of drug-likeness (QED) is 0.830. The van der Waals surface area contributed by atoms with Gasteiger partial charge in [-0.2, -0.15) is 0 Å². The van der Waals surface area contributed by atoms with Crippen LogP contribution in [0.2, 0.25) is 0 Å². The van der Waals surface area contributed by atoms with Crippen molar-refractivity contribution in [2.75, 3.05) is 32.0 Å². The van der Waals surface area contributed by atoms with E-state index in [0.29, 0.717) is 42.8 Å². The predicted octanol–water partition coefficient (Wildman–Crippen LogP) is 1.95. The summed E-state index contributed by atoms with van der Waals surface area (Å²) >= 11 is 0. The minimum Gasteiger partial charge on any atom is -0.486 e. The van der Waals surface area contributed by atoms with Crippen LogP contribution < -0.4 is 15.2 Å². The molecule has 2 N–H and O–H groups in total. The third-order valence-electron chi connectivity index (χ3n) is 5.91. The average Bonchev–Trinajstić information content (AvgIpc) is 3.04. The molecule has 2 aliphatic heterocycles. The van der Waals surface area contributed by atoms with Crippen LogP contribution in [0.1, 0.15) is 40.9 Å². The van der Waals surface area contributed by atoms with Crippen LogP contribution in [0.4, 0.5) is 5.95 Å². The molecule has 3 heterocycles. The van der Waals surface area contributed by atoms with Crippen LogP contribution in [0.15, 0.2) is 24.4 Å². The Bertz CT molecular complexity index is 912. The van der Waals surface area contributed by atoms with Crippen LogP contribution in [-0.4, -0.2) is 47.1 Å². The van der Waals surface area contributed by atoms with Crippen LogP contribution in [0.5, 0.6) is 11.5 Å². The van der Waals surface area contributed by atoms with Crippen molar-refractivity contribution >= 4 is 11.9 Å². The number of nitrogens with zero attached hydrogens (tertiary/aromatic N) is 3. The Balaban J connectivity index is 1.42. The van der Waals surface area contributed by atoms with Gasteiger partial charge in [-0.15, -0.1) is 0 Å². The second kappa shape index (κ2) is 6.11. The number of anilines is 1. The highest BCUT2D eigenvalue weighted by molar-refractivity contribution is 5.95. The molecule has 1 aromatic carbocycles. The summed E-state index contributed by atoms with van der Waals surface area (Å²) in [7, 11) is 0. The zero-order valence-electron chi connectivity index (χ0n) is 15.1. The molecule has 0 saturated carbocycles. The molecule has 1 unspecified atom stereocenters. The number of amides is 1. The number of hydrogen-bond acceptors (Lipinski definition) is 6. The molecule has 3 aliphatic rings. The van der Waals surface area contributed by atoms with Gasteiger partial charge in [0.05, 0.1) is 5.69 Å². The third-order valence-corrected chi connectivity index (χ3v) is 5.91. The van der Waals surface area contributed by atoms with Crippen molar-refractivity contribution in [1.29, 1.82) is 0 Å². The number of benzene rings is 1. The molecule has 1 fully saturated rings. The lowest BCUT2D eigenvalue weighted by Crippen LogP contribution is -2.48. The van der Waals surface area contributed by atoms with E-state index in [9.17, 15) is 4.79 Å². The molecule has 7 heteroatoms. The molecule has 7 nitrogen and oxygen atoms in total. The number of fused-ring (bicyclic) bond motifs is 3. The summed E-state index contributed by atoms with van der Waals surface area (Å²) in [6, 6.07) is 5.43. The van der Waals surface area contributed by atoms with Crippen molar-refractivity contribution in [3.05, 3.63) is 41.2 Å². The van der Waals surface area contributed by atoms with E-state index in [1.165, 1.54) is 0 Å². The van der Waals surface area contributed by atoms with Crippen molar-refractivity contribution in [2.45, 2.75) is 31.1 Å². The van der Waals surface area contributed by atoms with E-state index in [1.54, 1.807) is 6.07 Å². The number of rotatable bonds is 1. The average molecular weight is 366 g/mol. The van der Waals surface area contributed by atoms with Crippen molar-refractivity contribution < 1.29 is 14.3 Å². The smallest absolute Gasteiger partial charge is 0.254 e. The van der Waals surface area contributed by atoms with E-state index in [-0.39, 0.29) is 11.3 Å². The molecule has 27 heavy (non-hydrogen) atoms. The Morgan fingerprint density at radius 1 is 1.19 bits per heavy atom. The minimum atomic E-state index is -0.103. The van der Waals surface area contributed by atoms with Gasteiger partial charge in [-0.3, -0.25) is 4.79 Å². The normalized spacial score (nSPS) is 23.3. The first-order valence-corrected chi connectivity index (χ1v) is 9.45. The molecule has 1 aliphatic carbocycles. The lowest BCUT2D eigenvalue weighted by molar-refractivity contribution is 0.0632. The van der Waals surface area contributed by atoms with Gasteiger partial charge in [0.25, 0.3) is 5.91 Å². The van der Waals surface area contributed by atoms with Gasteiger partial charge in [0.1, 0.15) is 13.2 Å². The SMILES string of the molecule is Nc1ncc2c(n1)C1(CCCN(C(=O)c3ccc4c(c3)OCCO4)C1)CC2. The number of hydrogen-bond donors (Lipinski definition) is 1. The van der Waals surface area contributed by atoms with Crippen LogP contribution in [0.25, 0.3) is 0 Å². The number of aryl methyl sites for hydroxylation is 1. The molecule has 1 amide bonds. The van der Waals surface area contributed by atoms with E-state index in [2.05, 4.69) is 9.97 Å². The summed E-state index contributed by atoms with van der Waals surface area (Å²) in [4.78, 5) is 23.8.